The highest BCUT2D eigenvalue weighted by molar-refractivity contribution is 5.19. The SMILES string of the molecule is Cc1nn(C)cc1C(C)NCc1ncn(C)n1. The number of nitrogens with one attached hydrogen (secondary N) is 1. The second-order valence-corrected chi connectivity index (χ2v) is 4.28. The Labute approximate surface area is 101 Å². The summed E-state index contributed by atoms with van der Waals surface area (Å²) in [6.07, 6.45) is 3.75. The fraction of sp³-hybridized carbons (Fsp3) is 0.545. The topological polar surface area (TPSA) is 60.6 Å². The lowest BCUT2D eigenvalue weighted by Gasteiger charge is -2.11. The predicted octanol–water partition coefficient (Wildman–Crippen LogP) is 0.708. The number of aromatic nitrogens is 5. The third kappa shape index (κ3) is 2.71. The van der Waals surface area contributed by atoms with Gasteiger partial charge in [0.15, 0.2) is 5.82 Å². The van der Waals surface area contributed by atoms with Crippen LogP contribution in [0.1, 0.15) is 30.0 Å². The molecule has 1 unspecified atom stereocenters. The molecule has 2 rings (SSSR count). The van der Waals surface area contributed by atoms with Crippen molar-refractivity contribution in [2.45, 2.75) is 26.4 Å². The average Bonchev–Trinajstić information content (AvgIpc) is 2.81. The second-order valence-electron chi connectivity index (χ2n) is 4.28. The Morgan fingerprint density at radius 2 is 2.06 bits per heavy atom. The van der Waals surface area contributed by atoms with E-state index in [0.29, 0.717) is 6.54 Å². The van der Waals surface area contributed by atoms with Crippen molar-refractivity contribution in [1.29, 1.82) is 0 Å². The summed E-state index contributed by atoms with van der Waals surface area (Å²) < 4.78 is 3.54. The minimum absolute atomic E-state index is 0.243. The van der Waals surface area contributed by atoms with Crippen LogP contribution in [0.4, 0.5) is 0 Å². The van der Waals surface area contributed by atoms with E-state index in [4.69, 9.17) is 0 Å². The van der Waals surface area contributed by atoms with Crippen molar-refractivity contribution in [3.05, 3.63) is 29.6 Å². The van der Waals surface area contributed by atoms with Crippen LogP contribution in [0.15, 0.2) is 12.5 Å². The van der Waals surface area contributed by atoms with Crippen LogP contribution >= 0.6 is 0 Å². The van der Waals surface area contributed by atoms with Gasteiger partial charge < -0.3 is 5.32 Å². The molecule has 0 amide bonds. The maximum absolute atomic E-state index is 4.33. The molecule has 0 spiro atoms. The maximum Gasteiger partial charge on any atom is 0.164 e. The van der Waals surface area contributed by atoms with E-state index in [-0.39, 0.29) is 6.04 Å². The van der Waals surface area contributed by atoms with E-state index in [1.54, 1.807) is 11.0 Å². The lowest BCUT2D eigenvalue weighted by Crippen LogP contribution is -2.19. The molecule has 17 heavy (non-hydrogen) atoms. The van der Waals surface area contributed by atoms with Crippen molar-refractivity contribution in [1.82, 2.24) is 29.9 Å². The Hall–Kier alpha value is -1.69. The first kappa shape index (κ1) is 11.8. The van der Waals surface area contributed by atoms with Crippen molar-refractivity contribution < 1.29 is 0 Å². The van der Waals surface area contributed by atoms with Gasteiger partial charge in [-0.15, -0.1) is 0 Å². The molecule has 0 aliphatic carbocycles. The summed E-state index contributed by atoms with van der Waals surface area (Å²) in [5, 5.41) is 11.9. The molecule has 0 aliphatic rings. The molecule has 0 fully saturated rings. The lowest BCUT2D eigenvalue weighted by atomic mass is 10.1. The highest BCUT2D eigenvalue weighted by Crippen LogP contribution is 2.15. The molecule has 2 aromatic heterocycles. The molecule has 1 N–H and O–H groups in total. The molecule has 2 heterocycles. The highest BCUT2D eigenvalue weighted by atomic mass is 15.3. The summed E-state index contributed by atoms with van der Waals surface area (Å²) in [6, 6.07) is 0.243. The van der Waals surface area contributed by atoms with Gasteiger partial charge >= 0.3 is 0 Å². The molecular weight excluding hydrogens is 216 g/mol. The fourth-order valence-corrected chi connectivity index (χ4v) is 1.86. The Morgan fingerprint density at radius 3 is 2.59 bits per heavy atom. The summed E-state index contributed by atoms with van der Waals surface area (Å²) >= 11 is 0. The van der Waals surface area contributed by atoms with E-state index < -0.39 is 0 Å². The van der Waals surface area contributed by atoms with Gasteiger partial charge in [0.1, 0.15) is 6.33 Å². The number of nitrogens with zero attached hydrogens (tertiary/aromatic N) is 5. The molecule has 0 radical (unpaired) electrons. The number of aryl methyl sites for hydroxylation is 3. The van der Waals surface area contributed by atoms with Crippen molar-refractivity contribution in [3.63, 3.8) is 0 Å². The van der Waals surface area contributed by atoms with Crippen molar-refractivity contribution in [3.8, 4) is 0 Å². The van der Waals surface area contributed by atoms with Crippen LogP contribution < -0.4 is 5.32 Å². The molecule has 6 nitrogen and oxygen atoms in total. The molecule has 0 aromatic carbocycles. The summed E-state index contributed by atoms with van der Waals surface area (Å²) in [5.41, 5.74) is 2.27. The zero-order valence-electron chi connectivity index (χ0n) is 10.7. The van der Waals surface area contributed by atoms with Gasteiger partial charge in [0.25, 0.3) is 0 Å². The minimum Gasteiger partial charge on any atom is -0.303 e. The lowest BCUT2D eigenvalue weighted by molar-refractivity contribution is 0.554. The van der Waals surface area contributed by atoms with Gasteiger partial charge in [-0.05, 0) is 13.8 Å². The van der Waals surface area contributed by atoms with Gasteiger partial charge in [-0.1, -0.05) is 0 Å². The molecule has 6 heteroatoms. The molecule has 1 atom stereocenters. The first-order chi connectivity index (χ1) is 8.06. The largest absolute Gasteiger partial charge is 0.303 e. The van der Waals surface area contributed by atoms with Gasteiger partial charge in [0, 0.05) is 31.9 Å². The van der Waals surface area contributed by atoms with Crippen LogP contribution in [0.25, 0.3) is 0 Å². The van der Waals surface area contributed by atoms with E-state index in [1.165, 1.54) is 5.56 Å². The monoisotopic (exact) mass is 234 g/mol. The van der Waals surface area contributed by atoms with Gasteiger partial charge in [-0.25, -0.2) is 4.98 Å². The Balaban J connectivity index is 1.97. The van der Waals surface area contributed by atoms with E-state index in [9.17, 15) is 0 Å². The summed E-state index contributed by atoms with van der Waals surface area (Å²) in [4.78, 5) is 4.18. The van der Waals surface area contributed by atoms with E-state index >= 15 is 0 Å². The Morgan fingerprint density at radius 1 is 1.29 bits per heavy atom. The van der Waals surface area contributed by atoms with Gasteiger partial charge in [-0.3, -0.25) is 9.36 Å². The molecule has 2 aromatic rings. The molecular formula is C11H18N6. The molecule has 92 valence electrons. The molecule has 0 bridgehead atoms. The molecule has 0 aliphatic heterocycles. The third-order valence-corrected chi connectivity index (χ3v) is 2.73. The van der Waals surface area contributed by atoms with E-state index in [0.717, 1.165) is 11.5 Å². The zero-order chi connectivity index (χ0) is 12.4. The highest BCUT2D eigenvalue weighted by Gasteiger charge is 2.11. The van der Waals surface area contributed by atoms with Gasteiger partial charge in [0.2, 0.25) is 0 Å². The van der Waals surface area contributed by atoms with E-state index in [1.807, 2.05) is 31.9 Å². The number of rotatable bonds is 4. The number of hydrogen-bond donors (Lipinski definition) is 1. The maximum atomic E-state index is 4.33. The van der Waals surface area contributed by atoms with Crippen LogP contribution in [-0.4, -0.2) is 24.5 Å². The third-order valence-electron chi connectivity index (χ3n) is 2.73. The van der Waals surface area contributed by atoms with Gasteiger partial charge in [-0.2, -0.15) is 10.2 Å². The number of hydrogen-bond acceptors (Lipinski definition) is 4. The summed E-state index contributed by atoms with van der Waals surface area (Å²) in [5.74, 6) is 0.806. The van der Waals surface area contributed by atoms with E-state index in [2.05, 4.69) is 27.4 Å². The molecule has 0 saturated carbocycles. The van der Waals surface area contributed by atoms with Crippen molar-refractivity contribution >= 4 is 0 Å². The minimum atomic E-state index is 0.243. The first-order valence-electron chi connectivity index (χ1n) is 5.64. The fourth-order valence-electron chi connectivity index (χ4n) is 1.86. The smallest absolute Gasteiger partial charge is 0.164 e. The normalized spacial score (nSPS) is 12.9. The quantitative estimate of drug-likeness (QED) is 0.846. The summed E-state index contributed by atoms with van der Waals surface area (Å²) in [6.45, 7) is 4.80. The van der Waals surface area contributed by atoms with Crippen LogP contribution in [0.3, 0.4) is 0 Å². The van der Waals surface area contributed by atoms with Crippen LogP contribution in [-0.2, 0) is 20.6 Å². The second kappa shape index (κ2) is 4.67. The van der Waals surface area contributed by atoms with Crippen molar-refractivity contribution in [2.75, 3.05) is 0 Å². The standard InChI is InChI=1S/C11H18N6/c1-8(10-6-16(3)14-9(10)2)12-5-11-13-7-17(4)15-11/h6-8,12H,5H2,1-4H3. The predicted molar refractivity (Wildman–Crippen MR) is 64.2 cm³/mol. The van der Waals surface area contributed by atoms with Crippen molar-refractivity contribution in [2.24, 2.45) is 14.1 Å². The van der Waals surface area contributed by atoms with Crippen LogP contribution in [0.2, 0.25) is 0 Å². The van der Waals surface area contributed by atoms with Gasteiger partial charge in [0.05, 0.1) is 12.2 Å². The van der Waals surface area contributed by atoms with Crippen LogP contribution in [0, 0.1) is 6.92 Å². The summed E-state index contributed by atoms with van der Waals surface area (Å²) in [7, 11) is 3.80. The Bertz CT molecular complexity index is 498. The molecule has 0 saturated heterocycles. The first-order valence-corrected chi connectivity index (χ1v) is 5.64. The average molecular weight is 234 g/mol. The van der Waals surface area contributed by atoms with Crippen LogP contribution in [0.5, 0.6) is 0 Å². The zero-order valence-corrected chi connectivity index (χ0v) is 10.7. The Kier molecular flexibility index (Phi) is 3.23.